The first kappa shape index (κ1) is 10.3. The maximum atomic E-state index is 10.5. The summed E-state index contributed by atoms with van der Waals surface area (Å²) in [5.74, 6) is -0.480. The lowest BCUT2D eigenvalue weighted by atomic mass is 10.2. The first-order chi connectivity index (χ1) is 6.09. The summed E-state index contributed by atoms with van der Waals surface area (Å²) in [5, 5.41) is 0.618. The van der Waals surface area contributed by atoms with E-state index >= 15 is 0 Å². The molecule has 0 radical (unpaired) electrons. The van der Waals surface area contributed by atoms with Crippen molar-refractivity contribution in [2.75, 3.05) is 0 Å². The molecule has 0 aromatic heterocycles. The topological polar surface area (TPSA) is 43.1 Å². The number of carbonyl (C=O) groups is 1. The second-order valence-corrected chi connectivity index (χ2v) is 3.69. The van der Waals surface area contributed by atoms with Crippen molar-refractivity contribution >= 4 is 39.5 Å². The van der Waals surface area contributed by atoms with E-state index in [1.54, 1.807) is 18.2 Å². The zero-order valence-electron chi connectivity index (χ0n) is 6.63. The van der Waals surface area contributed by atoms with Crippen molar-refractivity contribution in [2.24, 2.45) is 5.73 Å². The highest BCUT2D eigenvalue weighted by Gasteiger charge is 1.96. The zero-order chi connectivity index (χ0) is 9.84. The Balaban J connectivity index is 3.00. The van der Waals surface area contributed by atoms with Crippen molar-refractivity contribution in [1.82, 2.24) is 0 Å². The van der Waals surface area contributed by atoms with Gasteiger partial charge >= 0.3 is 0 Å². The van der Waals surface area contributed by atoms with Crippen molar-refractivity contribution < 1.29 is 4.79 Å². The predicted octanol–water partition coefficient (Wildman–Crippen LogP) is 2.60. The van der Waals surface area contributed by atoms with Crippen molar-refractivity contribution in [3.63, 3.8) is 0 Å². The number of hydrogen-bond acceptors (Lipinski definition) is 1. The smallest absolute Gasteiger partial charge is 0.241 e. The van der Waals surface area contributed by atoms with Crippen LogP contribution in [0.3, 0.4) is 0 Å². The average Bonchev–Trinajstić information content (AvgIpc) is 2.06. The molecule has 4 heteroatoms. The fourth-order valence-electron chi connectivity index (χ4n) is 0.814. The third-order valence-corrected chi connectivity index (χ3v) is 2.34. The SMILES string of the molecule is NC(=O)/C=C\c1cc(Cl)ccc1Br. The summed E-state index contributed by atoms with van der Waals surface area (Å²) < 4.78 is 0.870. The summed E-state index contributed by atoms with van der Waals surface area (Å²) in [5.41, 5.74) is 5.78. The lowest BCUT2D eigenvalue weighted by molar-refractivity contribution is -0.113. The Kier molecular flexibility index (Phi) is 3.51. The van der Waals surface area contributed by atoms with Gasteiger partial charge in [0.15, 0.2) is 0 Å². The Labute approximate surface area is 89.5 Å². The monoisotopic (exact) mass is 259 g/mol. The number of carbonyl (C=O) groups excluding carboxylic acids is 1. The average molecular weight is 261 g/mol. The molecular weight excluding hydrogens is 253 g/mol. The zero-order valence-corrected chi connectivity index (χ0v) is 8.97. The molecular formula is C9H7BrClNO. The number of amides is 1. The molecule has 0 bridgehead atoms. The summed E-state index contributed by atoms with van der Waals surface area (Å²) in [4.78, 5) is 10.5. The lowest BCUT2D eigenvalue weighted by Gasteiger charge is -1.97. The molecule has 0 aliphatic heterocycles. The molecule has 2 N–H and O–H groups in total. The van der Waals surface area contributed by atoms with Gasteiger partial charge < -0.3 is 5.73 Å². The molecule has 0 saturated heterocycles. The minimum Gasteiger partial charge on any atom is -0.366 e. The lowest BCUT2D eigenvalue weighted by Crippen LogP contribution is -2.05. The van der Waals surface area contributed by atoms with Gasteiger partial charge in [0.05, 0.1) is 0 Å². The molecule has 1 rings (SSSR count). The van der Waals surface area contributed by atoms with Crippen LogP contribution in [0.4, 0.5) is 0 Å². The summed E-state index contributed by atoms with van der Waals surface area (Å²) in [7, 11) is 0. The Morgan fingerprint density at radius 2 is 2.23 bits per heavy atom. The van der Waals surface area contributed by atoms with E-state index in [9.17, 15) is 4.79 Å². The highest BCUT2D eigenvalue weighted by Crippen LogP contribution is 2.22. The molecule has 1 aromatic rings. The van der Waals surface area contributed by atoms with Gasteiger partial charge in [-0.2, -0.15) is 0 Å². The highest BCUT2D eigenvalue weighted by molar-refractivity contribution is 9.10. The van der Waals surface area contributed by atoms with Gasteiger partial charge in [0.2, 0.25) is 5.91 Å². The third-order valence-electron chi connectivity index (χ3n) is 1.39. The molecule has 0 atom stereocenters. The second-order valence-electron chi connectivity index (χ2n) is 2.40. The number of halogens is 2. The summed E-state index contributed by atoms with van der Waals surface area (Å²) in [6.07, 6.45) is 2.90. The summed E-state index contributed by atoms with van der Waals surface area (Å²) in [6.45, 7) is 0. The van der Waals surface area contributed by atoms with E-state index in [4.69, 9.17) is 17.3 Å². The van der Waals surface area contributed by atoms with Crippen molar-refractivity contribution in [1.29, 1.82) is 0 Å². The van der Waals surface area contributed by atoms with E-state index in [-0.39, 0.29) is 0 Å². The van der Waals surface area contributed by atoms with Gasteiger partial charge in [-0.1, -0.05) is 27.5 Å². The van der Waals surface area contributed by atoms with E-state index in [1.165, 1.54) is 6.08 Å². The van der Waals surface area contributed by atoms with Gasteiger partial charge in [-0.25, -0.2) is 0 Å². The standard InChI is InChI=1S/C9H7BrClNO/c10-8-3-2-7(11)5-6(8)1-4-9(12)13/h1-5H,(H2,12,13)/b4-1-. The van der Waals surface area contributed by atoms with E-state index in [0.717, 1.165) is 10.0 Å². The molecule has 68 valence electrons. The first-order valence-electron chi connectivity index (χ1n) is 3.52. The second kappa shape index (κ2) is 4.44. The molecule has 1 aromatic carbocycles. The molecule has 0 aliphatic carbocycles. The molecule has 0 spiro atoms. The number of benzene rings is 1. The van der Waals surface area contributed by atoms with Gasteiger partial charge in [-0.3, -0.25) is 4.79 Å². The van der Waals surface area contributed by atoms with Crippen LogP contribution in [0.2, 0.25) is 5.02 Å². The quantitative estimate of drug-likeness (QED) is 0.816. The highest BCUT2D eigenvalue weighted by atomic mass is 79.9. The fourth-order valence-corrected chi connectivity index (χ4v) is 1.37. The molecule has 1 amide bonds. The summed E-state index contributed by atoms with van der Waals surface area (Å²) in [6, 6.07) is 5.31. The molecule has 2 nitrogen and oxygen atoms in total. The van der Waals surface area contributed by atoms with Crippen LogP contribution < -0.4 is 5.73 Å². The van der Waals surface area contributed by atoms with Crippen LogP contribution in [0.5, 0.6) is 0 Å². The van der Waals surface area contributed by atoms with Gasteiger partial charge in [0.25, 0.3) is 0 Å². The van der Waals surface area contributed by atoms with E-state index in [1.807, 2.05) is 6.07 Å². The van der Waals surface area contributed by atoms with E-state index in [2.05, 4.69) is 15.9 Å². The molecule has 0 aliphatic rings. The summed E-state index contributed by atoms with van der Waals surface area (Å²) >= 11 is 9.08. The van der Waals surface area contributed by atoms with Crippen LogP contribution in [0.1, 0.15) is 5.56 Å². The van der Waals surface area contributed by atoms with Crippen molar-refractivity contribution in [2.45, 2.75) is 0 Å². The third kappa shape index (κ3) is 3.20. The first-order valence-corrected chi connectivity index (χ1v) is 4.69. The normalized spacial score (nSPS) is 10.6. The fraction of sp³-hybridized carbons (Fsp3) is 0. The largest absolute Gasteiger partial charge is 0.366 e. The van der Waals surface area contributed by atoms with E-state index < -0.39 is 5.91 Å². The number of primary amides is 1. The van der Waals surface area contributed by atoms with Crippen molar-refractivity contribution in [3.05, 3.63) is 39.3 Å². The minimum absolute atomic E-state index is 0.480. The number of hydrogen-bond donors (Lipinski definition) is 1. The van der Waals surface area contributed by atoms with Crippen LogP contribution in [-0.2, 0) is 4.79 Å². The maximum absolute atomic E-state index is 10.5. The van der Waals surface area contributed by atoms with Crippen molar-refractivity contribution in [3.8, 4) is 0 Å². The van der Waals surface area contributed by atoms with Crippen LogP contribution in [0.25, 0.3) is 6.08 Å². The number of rotatable bonds is 2. The molecule has 0 fully saturated rings. The van der Waals surface area contributed by atoms with Gasteiger partial charge in [-0.15, -0.1) is 0 Å². The molecule has 0 unspecified atom stereocenters. The Bertz CT molecular complexity index is 363. The van der Waals surface area contributed by atoms with Gasteiger partial charge in [0, 0.05) is 15.6 Å². The van der Waals surface area contributed by atoms with Crippen LogP contribution >= 0.6 is 27.5 Å². The predicted molar refractivity (Wildman–Crippen MR) is 57.4 cm³/mol. The Hall–Kier alpha value is -0.800. The Morgan fingerprint density at radius 1 is 1.54 bits per heavy atom. The minimum atomic E-state index is -0.480. The molecule has 13 heavy (non-hydrogen) atoms. The maximum Gasteiger partial charge on any atom is 0.241 e. The van der Waals surface area contributed by atoms with Crippen LogP contribution in [0.15, 0.2) is 28.7 Å². The van der Waals surface area contributed by atoms with E-state index in [0.29, 0.717) is 5.02 Å². The number of nitrogens with two attached hydrogens (primary N) is 1. The Morgan fingerprint density at radius 3 is 2.85 bits per heavy atom. The molecule has 0 heterocycles. The van der Waals surface area contributed by atoms with Gasteiger partial charge in [-0.05, 0) is 29.8 Å². The van der Waals surface area contributed by atoms with Crippen LogP contribution in [0, 0.1) is 0 Å². The van der Waals surface area contributed by atoms with Crippen LogP contribution in [-0.4, -0.2) is 5.91 Å². The molecule has 0 saturated carbocycles. The van der Waals surface area contributed by atoms with Gasteiger partial charge in [0.1, 0.15) is 0 Å².